The lowest BCUT2D eigenvalue weighted by molar-refractivity contribution is -0.536. The van der Waals surface area contributed by atoms with Crippen molar-refractivity contribution in [2.24, 2.45) is 23.7 Å². The Morgan fingerprint density at radius 1 is 0.245 bits per heavy atom. The van der Waals surface area contributed by atoms with Crippen molar-refractivity contribution in [3.63, 3.8) is 0 Å². The fraction of sp³-hybridized carbons (Fsp3) is 1.00. The van der Waals surface area contributed by atoms with Gasteiger partial charge in [-0.05, 0) is 75.0 Å². The minimum atomic E-state index is -0.619. The highest BCUT2D eigenvalue weighted by Gasteiger charge is 2.37. The minimum Gasteiger partial charge on any atom is -0.352 e. The van der Waals surface area contributed by atoms with E-state index in [-0.39, 0.29) is 18.7 Å². The largest absolute Gasteiger partial charge is 0.352 e. The van der Waals surface area contributed by atoms with Crippen LogP contribution in [0.3, 0.4) is 0 Å². The van der Waals surface area contributed by atoms with Crippen LogP contribution in [0.2, 0.25) is 0 Å². The Bertz CT molecular complexity index is 665. The Hall–Kier alpha value is -0.560. The second kappa shape index (κ2) is 17.5. The van der Waals surface area contributed by atoms with Crippen LogP contribution in [0.1, 0.15) is 128 Å². The summed E-state index contributed by atoms with van der Waals surface area (Å²) in [6.45, 7) is 0.756. The summed E-state index contributed by atoms with van der Waals surface area (Å²) in [6.07, 6.45) is 15.1. The molecule has 2 saturated carbocycles. The summed E-state index contributed by atoms with van der Waals surface area (Å²) < 4.78 is 36.2. The Balaban J connectivity index is 0.810. The Labute approximate surface area is 288 Å². The molecule has 0 aromatic carbocycles. The van der Waals surface area contributed by atoms with E-state index in [1.807, 2.05) is 0 Å². The van der Waals surface area contributed by atoms with Crippen molar-refractivity contribution in [1.29, 1.82) is 0 Å². The summed E-state index contributed by atoms with van der Waals surface area (Å²) in [5.41, 5.74) is 0. The highest BCUT2D eigenvalue weighted by Crippen LogP contribution is 2.41. The van der Waals surface area contributed by atoms with Crippen LogP contribution in [-0.4, -0.2) is 69.3 Å². The van der Waals surface area contributed by atoms with E-state index in [0.717, 1.165) is 50.0 Å². The first-order valence-electron chi connectivity index (χ1n) is 19.3. The van der Waals surface area contributed by atoms with Crippen LogP contribution in [0.4, 0.5) is 0 Å². The summed E-state index contributed by atoms with van der Waals surface area (Å²) in [6, 6.07) is 0. The van der Waals surface area contributed by atoms with Crippen molar-refractivity contribution >= 4 is 0 Å². The van der Waals surface area contributed by atoms with Crippen LogP contribution >= 0.6 is 0 Å². The first kappa shape index (κ1) is 35.5. The van der Waals surface area contributed by atoms with Crippen molar-refractivity contribution in [1.82, 2.24) is 0 Å². The van der Waals surface area contributed by atoms with Crippen LogP contribution in [-0.2, 0) is 67.5 Å². The monoisotopic (exact) mass is 700 g/mol. The minimum absolute atomic E-state index is 0.230. The highest BCUT2D eigenvalue weighted by atomic mass is 17.3. The third-order valence-electron chi connectivity index (χ3n) is 11.6. The molecule has 10 atom stereocenters. The zero-order chi connectivity index (χ0) is 32.8. The van der Waals surface area contributed by atoms with Gasteiger partial charge >= 0.3 is 0 Å². The Morgan fingerprint density at radius 2 is 0.531 bits per heavy atom. The summed E-state index contributed by atoms with van der Waals surface area (Å²) in [7, 11) is 0. The number of hydrogen-bond donors (Lipinski definition) is 0. The fourth-order valence-electron chi connectivity index (χ4n) is 8.81. The van der Waals surface area contributed by atoms with E-state index in [4.69, 9.17) is 67.5 Å². The molecule has 21 rings (SSSR count). The van der Waals surface area contributed by atoms with Gasteiger partial charge in [0.15, 0.2) is 56.6 Å². The second-order valence-corrected chi connectivity index (χ2v) is 15.4. The van der Waals surface area contributed by atoms with Gasteiger partial charge in [-0.15, -0.1) is 0 Å². The molecule has 49 heavy (non-hydrogen) atoms. The number of hydrogen-bond acceptors (Lipinski definition) is 14. The number of ether oxygens (including phenoxy) is 6. The summed E-state index contributed by atoms with van der Waals surface area (Å²) in [5, 5.41) is 0. The van der Waals surface area contributed by atoms with E-state index in [1.165, 1.54) is 51.4 Å². The molecule has 21 aliphatic rings. The quantitative estimate of drug-likeness (QED) is 0.253. The van der Waals surface area contributed by atoms with Gasteiger partial charge in [0.05, 0.1) is 12.7 Å². The van der Waals surface area contributed by atoms with Gasteiger partial charge in [0.1, 0.15) is 0 Å². The van der Waals surface area contributed by atoms with Gasteiger partial charge in [0, 0.05) is 51.4 Å². The lowest BCUT2D eigenvalue weighted by Crippen LogP contribution is -2.41. The molecule has 14 nitrogen and oxygen atoms in total. The molecule has 280 valence electrons. The lowest BCUT2D eigenvalue weighted by Gasteiger charge is -2.37. The first-order chi connectivity index (χ1) is 24.1. The van der Waals surface area contributed by atoms with Gasteiger partial charge in [0.2, 0.25) is 0 Å². The van der Waals surface area contributed by atoms with Crippen LogP contribution in [0, 0.1) is 23.7 Å². The molecule has 21 fully saturated rings. The molecular weight excluding hydrogens is 644 g/mol. The van der Waals surface area contributed by atoms with Gasteiger partial charge in [-0.1, -0.05) is 25.7 Å². The predicted molar refractivity (Wildman–Crippen MR) is 164 cm³/mol. The van der Waals surface area contributed by atoms with E-state index in [1.54, 1.807) is 0 Å². The van der Waals surface area contributed by atoms with Crippen molar-refractivity contribution in [3.05, 3.63) is 0 Å². The molecule has 0 amide bonds. The van der Waals surface area contributed by atoms with Crippen molar-refractivity contribution < 1.29 is 67.5 Å². The average molecular weight is 701 g/mol. The molecule has 0 spiro atoms. The van der Waals surface area contributed by atoms with Crippen LogP contribution < -0.4 is 0 Å². The average Bonchev–Trinajstić information content (AvgIpc) is 3.14. The summed E-state index contributed by atoms with van der Waals surface area (Å²) in [4.78, 5) is 43.9. The lowest BCUT2D eigenvalue weighted by atomic mass is 9.72. The highest BCUT2D eigenvalue weighted by molar-refractivity contribution is 4.81. The molecule has 0 aromatic heterocycles. The maximum Gasteiger partial charge on any atom is 0.194 e. The van der Waals surface area contributed by atoms with Crippen molar-refractivity contribution in [3.8, 4) is 0 Å². The molecule has 0 radical (unpaired) electrons. The van der Waals surface area contributed by atoms with Crippen LogP contribution in [0.5, 0.6) is 0 Å². The zero-order valence-electron chi connectivity index (χ0n) is 28.6. The maximum atomic E-state index is 6.30. The van der Waals surface area contributed by atoms with Crippen LogP contribution in [0.15, 0.2) is 0 Å². The molecular formula is C35H56O14. The molecule has 14 heteroatoms. The fourth-order valence-corrected chi connectivity index (χ4v) is 8.81. The van der Waals surface area contributed by atoms with E-state index in [9.17, 15) is 0 Å². The summed E-state index contributed by atoms with van der Waals surface area (Å²) in [5.74, 6) is 3.12. The van der Waals surface area contributed by atoms with Crippen molar-refractivity contribution in [2.45, 2.75) is 191 Å². The third-order valence-corrected chi connectivity index (χ3v) is 11.6. The maximum absolute atomic E-state index is 6.30. The zero-order valence-corrected chi connectivity index (χ0v) is 28.6. The molecule has 10 unspecified atom stereocenters. The van der Waals surface area contributed by atoms with Gasteiger partial charge in [-0.3, -0.25) is 0 Å². The molecule has 0 aromatic rings. The third kappa shape index (κ3) is 10.3. The molecule has 2 aliphatic carbocycles. The standard InChI is InChI=1S/C35H56O14/c1-3-23-4-2-22(1)19-24-5-8-26(9-6-24)37-28-11-12-30(44-42-28)39-32-15-16-34(48-46-32)41-35-18-17-33(47-49-35)40-31-14-13-29(43-45-31)38-27-10-7-25(20-23)21-36-27/h22-35H,1-21H2. The van der Waals surface area contributed by atoms with Crippen molar-refractivity contribution in [2.75, 3.05) is 6.61 Å². The van der Waals surface area contributed by atoms with Gasteiger partial charge < -0.3 is 28.4 Å². The Kier molecular flexibility index (Phi) is 12.7. The van der Waals surface area contributed by atoms with Crippen LogP contribution in [0.25, 0.3) is 0 Å². The van der Waals surface area contributed by atoms with Gasteiger partial charge in [0.25, 0.3) is 0 Å². The molecule has 19 saturated heterocycles. The molecule has 14 bridgehead atoms. The number of rotatable bonds is 0. The first-order valence-corrected chi connectivity index (χ1v) is 19.3. The predicted octanol–water partition coefficient (Wildman–Crippen LogP) is 6.56. The van der Waals surface area contributed by atoms with Gasteiger partial charge in [-0.25, -0.2) is 39.1 Å². The molecule has 0 N–H and O–H groups in total. The molecule has 19 heterocycles. The Morgan fingerprint density at radius 3 is 0.878 bits per heavy atom. The van der Waals surface area contributed by atoms with Gasteiger partial charge in [-0.2, -0.15) is 0 Å². The van der Waals surface area contributed by atoms with E-state index in [2.05, 4.69) is 0 Å². The topological polar surface area (TPSA) is 129 Å². The summed E-state index contributed by atoms with van der Waals surface area (Å²) >= 11 is 0. The van der Waals surface area contributed by atoms with E-state index in [0.29, 0.717) is 57.3 Å². The molecule has 19 aliphatic heterocycles. The van der Waals surface area contributed by atoms with E-state index < -0.39 is 44.0 Å². The normalized spacial score (nSPS) is 48.0. The van der Waals surface area contributed by atoms with E-state index >= 15 is 0 Å². The SMILES string of the molecule is C1CC2CCC1CC1CCC(CC1)OC1CCC(OO1)OC1CCC(OO1)OC1CCC(OO1)OC1CCC(OO1)OC1CCC(CO1)C2. The second-order valence-electron chi connectivity index (χ2n) is 15.4. The smallest absolute Gasteiger partial charge is 0.194 e.